The molecule has 1 aromatic carbocycles. The second-order valence-electron chi connectivity index (χ2n) is 8.31. The Bertz CT molecular complexity index is 1210. The van der Waals surface area contributed by atoms with Gasteiger partial charge >= 0.3 is 0 Å². The monoisotopic (exact) mass is 455 g/mol. The lowest BCUT2D eigenvalue weighted by atomic mass is 9.85. The number of methoxy groups -OCH3 is 1. The van der Waals surface area contributed by atoms with Crippen molar-refractivity contribution in [1.82, 2.24) is 24.6 Å². The van der Waals surface area contributed by atoms with E-state index in [2.05, 4.69) is 26.0 Å². The minimum absolute atomic E-state index is 0.0806. The van der Waals surface area contributed by atoms with Crippen LogP contribution < -0.4 is 10.5 Å². The Morgan fingerprint density at radius 1 is 1.38 bits per heavy atom. The van der Waals surface area contributed by atoms with Crippen LogP contribution in [0, 0.1) is 18.3 Å². The molecule has 0 unspecified atom stereocenters. The molecule has 3 aromatic rings. The van der Waals surface area contributed by atoms with Gasteiger partial charge in [-0.2, -0.15) is 10.4 Å². The first kappa shape index (κ1) is 22.3. The zero-order valence-corrected chi connectivity index (χ0v) is 19.3. The molecule has 0 bridgehead atoms. The number of nitriles is 1. The van der Waals surface area contributed by atoms with Gasteiger partial charge in [0, 0.05) is 36.7 Å². The summed E-state index contributed by atoms with van der Waals surface area (Å²) in [5.74, 6) is 1.09. The molecule has 9 nitrogen and oxygen atoms in total. The molecular weight excluding hydrogens is 430 g/mol. The van der Waals surface area contributed by atoms with Crippen molar-refractivity contribution in [3.8, 4) is 11.8 Å². The van der Waals surface area contributed by atoms with Gasteiger partial charge in [-0.15, -0.1) is 0 Å². The summed E-state index contributed by atoms with van der Waals surface area (Å²) in [6, 6.07) is 3.74. The molecule has 0 amide bonds. The molecule has 3 heterocycles. The van der Waals surface area contributed by atoms with Crippen molar-refractivity contribution in [2.45, 2.75) is 38.8 Å². The number of aliphatic hydroxyl groups is 1. The smallest absolute Gasteiger partial charge is 0.164 e. The molecule has 0 spiro atoms. The lowest BCUT2D eigenvalue weighted by Crippen LogP contribution is -2.48. The molecule has 4 rings (SSSR count). The van der Waals surface area contributed by atoms with E-state index < -0.39 is 6.10 Å². The lowest BCUT2D eigenvalue weighted by molar-refractivity contribution is 0.0733. The molecule has 2 aromatic heterocycles. The number of hydrogen-bond donors (Lipinski definition) is 2. The lowest BCUT2D eigenvalue weighted by Gasteiger charge is -2.41. The Morgan fingerprint density at radius 3 is 2.72 bits per heavy atom. The number of likely N-dealkylation sites (tertiary alicyclic amines) is 1. The van der Waals surface area contributed by atoms with Gasteiger partial charge in [0.1, 0.15) is 24.0 Å². The Kier molecular flexibility index (Phi) is 5.95. The fourth-order valence-corrected chi connectivity index (χ4v) is 4.82. The van der Waals surface area contributed by atoms with Crippen molar-refractivity contribution in [2.75, 3.05) is 32.5 Å². The van der Waals surface area contributed by atoms with E-state index in [-0.39, 0.29) is 12.0 Å². The number of benzene rings is 1. The van der Waals surface area contributed by atoms with Gasteiger partial charge in [-0.05, 0) is 26.8 Å². The molecule has 1 aliphatic heterocycles. The molecule has 2 atom stereocenters. The molecule has 168 valence electrons. The molecule has 0 saturated carbocycles. The summed E-state index contributed by atoms with van der Waals surface area (Å²) in [5.41, 5.74) is 9.44. The van der Waals surface area contributed by atoms with Crippen LogP contribution in [0.2, 0.25) is 5.02 Å². The summed E-state index contributed by atoms with van der Waals surface area (Å²) >= 11 is 6.58. The highest BCUT2D eigenvalue weighted by Gasteiger charge is 2.35. The van der Waals surface area contributed by atoms with E-state index in [1.807, 2.05) is 13.8 Å². The number of anilines is 1. The van der Waals surface area contributed by atoms with Gasteiger partial charge in [0.25, 0.3) is 0 Å². The highest BCUT2D eigenvalue weighted by molar-refractivity contribution is 6.32. The first-order chi connectivity index (χ1) is 15.3. The van der Waals surface area contributed by atoms with Crippen LogP contribution in [0.25, 0.3) is 11.0 Å². The first-order valence-corrected chi connectivity index (χ1v) is 10.8. The normalized spacial score (nSPS) is 16.5. The van der Waals surface area contributed by atoms with Gasteiger partial charge in [0.2, 0.25) is 0 Å². The van der Waals surface area contributed by atoms with Crippen molar-refractivity contribution < 1.29 is 9.84 Å². The molecule has 0 aliphatic carbocycles. The van der Waals surface area contributed by atoms with E-state index in [4.69, 9.17) is 22.1 Å². The van der Waals surface area contributed by atoms with Gasteiger partial charge in [-0.1, -0.05) is 11.6 Å². The quantitative estimate of drug-likeness (QED) is 0.580. The maximum atomic E-state index is 9.83. The topological polar surface area (TPSA) is 126 Å². The zero-order chi connectivity index (χ0) is 23.2. The summed E-state index contributed by atoms with van der Waals surface area (Å²) < 4.78 is 7.64. The van der Waals surface area contributed by atoms with Crippen LogP contribution in [-0.4, -0.2) is 62.6 Å². The van der Waals surface area contributed by atoms with Crippen LogP contribution in [0.1, 0.15) is 48.2 Å². The number of aliphatic hydroxyl groups excluding tert-OH is 1. The van der Waals surface area contributed by atoms with Gasteiger partial charge in [-0.25, -0.2) is 14.6 Å². The average Bonchev–Trinajstić information content (AvgIpc) is 3.06. The molecule has 0 radical (unpaired) electrons. The van der Waals surface area contributed by atoms with Crippen LogP contribution in [0.4, 0.5) is 5.82 Å². The van der Waals surface area contributed by atoms with Crippen molar-refractivity contribution in [2.24, 2.45) is 0 Å². The third kappa shape index (κ3) is 3.64. The SMILES string of the molecule is COc1c([C@H](C)n2nc(C)c3c(N)ncnc32)cc(Cl)c(C#N)c1C1CN(C[C@H](C)O)C1. The Labute approximate surface area is 191 Å². The van der Waals surface area contributed by atoms with Gasteiger partial charge < -0.3 is 15.6 Å². The first-order valence-electron chi connectivity index (χ1n) is 10.4. The van der Waals surface area contributed by atoms with Crippen LogP contribution in [-0.2, 0) is 0 Å². The molecular formula is C22H26ClN7O2. The largest absolute Gasteiger partial charge is 0.496 e. The Balaban J connectivity index is 1.82. The van der Waals surface area contributed by atoms with Gasteiger partial charge in [0.15, 0.2) is 5.65 Å². The second kappa shape index (κ2) is 8.54. The van der Waals surface area contributed by atoms with Crippen molar-refractivity contribution >= 4 is 28.5 Å². The number of nitrogens with two attached hydrogens (primary N) is 1. The van der Waals surface area contributed by atoms with E-state index in [0.717, 1.165) is 29.9 Å². The Hall–Kier alpha value is -2.93. The van der Waals surface area contributed by atoms with Gasteiger partial charge in [-0.3, -0.25) is 4.90 Å². The number of rotatable bonds is 6. The summed E-state index contributed by atoms with van der Waals surface area (Å²) in [6.45, 7) is 7.64. The molecule has 1 aliphatic rings. The molecule has 1 saturated heterocycles. The fraction of sp³-hybridized carbons (Fsp3) is 0.455. The molecule has 10 heteroatoms. The van der Waals surface area contributed by atoms with Crippen LogP contribution in [0.5, 0.6) is 5.75 Å². The molecule has 32 heavy (non-hydrogen) atoms. The average molecular weight is 456 g/mol. The van der Waals surface area contributed by atoms with E-state index >= 15 is 0 Å². The summed E-state index contributed by atoms with van der Waals surface area (Å²) in [4.78, 5) is 10.6. The number of halogens is 1. The summed E-state index contributed by atoms with van der Waals surface area (Å²) in [7, 11) is 1.60. The van der Waals surface area contributed by atoms with Crippen LogP contribution in [0.3, 0.4) is 0 Å². The summed E-state index contributed by atoms with van der Waals surface area (Å²) in [5, 5.41) is 25.3. The van der Waals surface area contributed by atoms with E-state index in [1.165, 1.54) is 6.33 Å². The summed E-state index contributed by atoms with van der Waals surface area (Å²) in [6.07, 6.45) is 1.01. The highest BCUT2D eigenvalue weighted by Crippen LogP contribution is 2.44. The number of ether oxygens (including phenoxy) is 1. The van der Waals surface area contributed by atoms with E-state index in [1.54, 1.807) is 24.8 Å². The third-order valence-corrected chi connectivity index (χ3v) is 6.31. The maximum absolute atomic E-state index is 9.83. The third-order valence-electron chi connectivity index (χ3n) is 6.01. The number of aryl methyl sites for hydroxylation is 1. The van der Waals surface area contributed by atoms with Crippen molar-refractivity contribution in [3.05, 3.63) is 39.8 Å². The predicted molar refractivity (Wildman–Crippen MR) is 122 cm³/mol. The number of hydrogen-bond acceptors (Lipinski definition) is 8. The maximum Gasteiger partial charge on any atom is 0.164 e. The molecule has 3 N–H and O–H groups in total. The number of nitrogen functional groups attached to an aromatic ring is 1. The van der Waals surface area contributed by atoms with Crippen LogP contribution in [0.15, 0.2) is 12.4 Å². The second-order valence-corrected chi connectivity index (χ2v) is 8.72. The van der Waals surface area contributed by atoms with E-state index in [9.17, 15) is 10.4 Å². The predicted octanol–water partition coefficient (Wildman–Crippen LogP) is 2.64. The van der Waals surface area contributed by atoms with Gasteiger partial charge in [0.05, 0.1) is 40.9 Å². The van der Waals surface area contributed by atoms with Crippen LogP contribution >= 0.6 is 11.6 Å². The zero-order valence-electron chi connectivity index (χ0n) is 18.5. The number of β-amino-alcohol motifs (C(OH)–C–C–N with tert-alkyl or cyclic N) is 1. The number of nitrogens with zero attached hydrogens (tertiary/aromatic N) is 6. The Morgan fingerprint density at radius 2 is 2.09 bits per heavy atom. The standard InChI is InChI=1S/C22H26ClN7O2/c1-11(31)7-29-8-14(9-29)19-16(6-24)17(23)5-15(20(19)32-4)13(3)30-22-18(12(2)28-30)21(25)26-10-27-22/h5,10-11,13-14,31H,7-9H2,1-4H3,(H2,25,26,27)/t11-,13-/m0/s1. The van der Waals surface area contributed by atoms with E-state index in [0.29, 0.717) is 39.7 Å². The van der Waals surface area contributed by atoms with Crippen molar-refractivity contribution in [1.29, 1.82) is 5.26 Å². The number of fused-ring (bicyclic) bond motifs is 1. The minimum Gasteiger partial charge on any atom is -0.496 e. The number of aromatic nitrogens is 4. The fourth-order valence-electron chi connectivity index (χ4n) is 4.56. The highest BCUT2D eigenvalue weighted by atomic mass is 35.5. The molecule has 1 fully saturated rings. The van der Waals surface area contributed by atoms with Crippen molar-refractivity contribution in [3.63, 3.8) is 0 Å². The minimum atomic E-state index is -0.408.